The quantitative estimate of drug-likeness (QED) is 0.396. The van der Waals surface area contributed by atoms with Gasteiger partial charge in [0.2, 0.25) is 0 Å². The second-order valence-corrected chi connectivity index (χ2v) is 11.0. The van der Waals surface area contributed by atoms with Crippen LogP contribution < -0.4 is 17.0 Å². The smallest absolute Gasteiger partial charge is 0.332 e. The molecule has 0 spiro atoms. The molecular formula is C22H27N5O4S2. The highest BCUT2D eigenvalue weighted by atomic mass is 32.2. The zero-order valence-corrected chi connectivity index (χ0v) is 20.7. The molecule has 11 heteroatoms. The largest absolute Gasteiger partial charge is 0.410 e. The molecule has 0 aliphatic heterocycles. The molecular weight excluding hydrogens is 462 g/mol. The molecule has 0 saturated carbocycles. The second-order valence-electron chi connectivity index (χ2n) is 8.90. The number of anilines is 1. The maximum Gasteiger partial charge on any atom is 0.332 e. The molecule has 0 amide bonds. The first kappa shape index (κ1) is 23.5. The van der Waals surface area contributed by atoms with Gasteiger partial charge in [-0.1, -0.05) is 32.5 Å². The Morgan fingerprint density at radius 3 is 2.85 bits per heavy atom. The number of rotatable bonds is 7. The van der Waals surface area contributed by atoms with Crippen molar-refractivity contribution < 1.29 is 9.21 Å². The Balaban J connectivity index is 1.52. The first-order valence-corrected chi connectivity index (χ1v) is 12.7. The number of thioether (sulfide) groups is 1. The van der Waals surface area contributed by atoms with Crippen LogP contribution in [0.1, 0.15) is 48.0 Å². The van der Waals surface area contributed by atoms with Crippen LogP contribution in [-0.2, 0) is 26.4 Å². The van der Waals surface area contributed by atoms with Gasteiger partial charge < -0.3 is 10.2 Å². The molecule has 0 bridgehead atoms. The SMILES string of the molecule is CC(C)Cn1c(N)c(C(=O)CSc2nnc(-c3cc4c(s3)CCC(C)C4)o2)c(=O)n(C)c1=O. The van der Waals surface area contributed by atoms with Crippen molar-refractivity contribution in [3.05, 3.63) is 42.9 Å². The van der Waals surface area contributed by atoms with Gasteiger partial charge in [0.25, 0.3) is 16.7 Å². The van der Waals surface area contributed by atoms with Gasteiger partial charge in [0.15, 0.2) is 5.78 Å². The van der Waals surface area contributed by atoms with E-state index in [4.69, 9.17) is 10.2 Å². The van der Waals surface area contributed by atoms with E-state index in [9.17, 15) is 14.4 Å². The molecule has 1 aliphatic rings. The number of nitrogens with two attached hydrogens (primary N) is 1. The van der Waals surface area contributed by atoms with E-state index in [1.54, 1.807) is 11.3 Å². The lowest BCUT2D eigenvalue weighted by Gasteiger charge is -2.16. The number of aryl methyl sites for hydroxylation is 1. The van der Waals surface area contributed by atoms with Gasteiger partial charge in [-0.25, -0.2) is 4.79 Å². The van der Waals surface area contributed by atoms with Crippen LogP contribution in [-0.4, -0.2) is 30.9 Å². The summed E-state index contributed by atoms with van der Waals surface area (Å²) in [5, 5.41) is 8.42. The molecule has 176 valence electrons. The number of aromatic nitrogens is 4. The average Bonchev–Trinajstić information content (AvgIpc) is 3.40. The number of carbonyl (C=O) groups excluding carboxylic acids is 1. The standard InChI is InChI=1S/C22H27N5O4S2/c1-11(2)9-27-18(23)17(20(29)26(4)22(27)30)14(28)10-32-21-25-24-19(31-21)16-8-13-7-12(3)5-6-15(13)33-16/h8,11-12H,5-7,9-10,23H2,1-4H3. The minimum Gasteiger partial charge on any atom is -0.410 e. The van der Waals surface area contributed by atoms with Gasteiger partial charge >= 0.3 is 5.69 Å². The van der Waals surface area contributed by atoms with E-state index in [1.165, 1.54) is 28.5 Å². The Labute approximate surface area is 199 Å². The maximum atomic E-state index is 12.9. The molecule has 1 atom stereocenters. The molecule has 3 aromatic heterocycles. The van der Waals surface area contributed by atoms with Crippen LogP contribution in [0.2, 0.25) is 0 Å². The molecule has 2 N–H and O–H groups in total. The van der Waals surface area contributed by atoms with Gasteiger partial charge in [0.1, 0.15) is 11.4 Å². The summed E-state index contributed by atoms with van der Waals surface area (Å²) in [7, 11) is 1.34. The summed E-state index contributed by atoms with van der Waals surface area (Å²) in [6, 6.07) is 2.12. The Kier molecular flexibility index (Phi) is 6.62. The predicted octanol–water partition coefficient (Wildman–Crippen LogP) is 3.00. The highest BCUT2D eigenvalue weighted by Gasteiger charge is 2.24. The lowest BCUT2D eigenvalue weighted by atomic mass is 9.90. The van der Waals surface area contributed by atoms with Crippen molar-refractivity contribution in [3.8, 4) is 10.8 Å². The minimum atomic E-state index is -0.701. The Hall–Kier alpha value is -2.66. The van der Waals surface area contributed by atoms with E-state index in [0.717, 1.165) is 34.0 Å². The summed E-state index contributed by atoms with van der Waals surface area (Å²) in [4.78, 5) is 40.2. The summed E-state index contributed by atoms with van der Waals surface area (Å²) >= 11 is 2.72. The number of nitrogens with zero attached hydrogens (tertiary/aromatic N) is 4. The van der Waals surface area contributed by atoms with Crippen LogP contribution in [0.3, 0.4) is 0 Å². The summed E-state index contributed by atoms with van der Waals surface area (Å²) in [5.74, 6) is 0.512. The fourth-order valence-corrected chi connectivity index (χ4v) is 5.73. The van der Waals surface area contributed by atoms with E-state index in [-0.39, 0.29) is 28.3 Å². The van der Waals surface area contributed by atoms with Crippen LogP contribution in [0, 0.1) is 11.8 Å². The molecule has 4 rings (SSSR count). The third-order valence-electron chi connectivity index (χ3n) is 5.68. The number of hydrogen-bond donors (Lipinski definition) is 1. The lowest BCUT2D eigenvalue weighted by Crippen LogP contribution is -2.43. The van der Waals surface area contributed by atoms with Crippen molar-refractivity contribution in [1.29, 1.82) is 0 Å². The van der Waals surface area contributed by atoms with E-state index < -0.39 is 17.0 Å². The number of thiophene rings is 1. The van der Waals surface area contributed by atoms with Gasteiger partial charge in [-0.3, -0.25) is 18.7 Å². The summed E-state index contributed by atoms with van der Waals surface area (Å²) in [6.45, 7) is 6.41. The average molecular weight is 490 g/mol. The van der Waals surface area contributed by atoms with Gasteiger partial charge in [0, 0.05) is 18.5 Å². The number of hydrogen-bond acceptors (Lipinski definition) is 9. The minimum absolute atomic E-state index is 0.105. The molecule has 0 saturated heterocycles. The van der Waals surface area contributed by atoms with Crippen molar-refractivity contribution in [2.24, 2.45) is 18.9 Å². The van der Waals surface area contributed by atoms with Gasteiger partial charge in [0.05, 0.1) is 10.6 Å². The van der Waals surface area contributed by atoms with E-state index in [0.29, 0.717) is 18.4 Å². The zero-order chi connectivity index (χ0) is 23.9. The number of ketones is 1. The highest BCUT2D eigenvalue weighted by molar-refractivity contribution is 7.99. The third kappa shape index (κ3) is 4.70. The number of nitrogen functional groups attached to an aromatic ring is 1. The van der Waals surface area contributed by atoms with Crippen molar-refractivity contribution in [2.75, 3.05) is 11.5 Å². The van der Waals surface area contributed by atoms with E-state index in [2.05, 4.69) is 23.2 Å². The summed E-state index contributed by atoms with van der Waals surface area (Å²) in [6.07, 6.45) is 3.32. The number of carbonyl (C=O) groups is 1. The van der Waals surface area contributed by atoms with E-state index in [1.807, 2.05) is 13.8 Å². The first-order valence-electron chi connectivity index (χ1n) is 10.9. The van der Waals surface area contributed by atoms with Crippen molar-refractivity contribution >= 4 is 34.7 Å². The number of fused-ring (bicyclic) bond motifs is 1. The van der Waals surface area contributed by atoms with Crippen molar-refractivity contribution in [1.82, 2.24) is 19.3 Å². The fraction of sp³-hybridized carbons (Fsp3) is 0.500. The molecule has 3 aromatic rings. The van der Waals surface area contributed by atoms with Crippen molar-refractivity contribution in [2.45, 2.75) is 51.8 Å². The predicted molar refractivity (Wildman–Crippen MR) is 129 cm³/mol. The molecule has 0 aromatic carbocycles. The monoisotopic (exact) mass is 489 g/mol. The van der Waals surface area contributed by atoms with Gasteiger partial charge in [-0.15, -0.1) is 21.5 Å². The highest BCUT2D eigenvalue weighted by Crippen LogP contribution is 2.37. The van der Waals surface area contributed by atoms with E-state index >= 15 is 0 Å². The van der Waals surface area contributed by atoms with Gasteiger partial charge in [-0.05, 0) is 42.7 Å². The molecule has 33 heavy (non-hydrogen) atoms. The second kappa shape index (κ2) is 9.30. The fourth-order valence-electron chi connectivity index (χ4n) is 3.97. The molecule has 9 nitrogen and oxygen atoms in total. The molecule has 0 fully saturated rings. The Morgan fingerprint density at radius 1 is 1.36 bits per heavy atom. The van der Waals surface area contributed by atoms with Crippen LogP contribution in [0.25, 0.3) is 10.8 Å². The zero-order valence-electron chi connectivity index (χ0n) is 19.1. The molecule has 1 unspecified atom stereocenters. The Morgan fingerprint density at radius 2 is 2.12 bits per heavy atom. The summed E-state index contributed by atoms with van der Waals surface area (Å²) in [5.41, 5.74) is 6.00. The Bertz CT molecular complexity index is 1320. The summed E-state index contributed by atoms with van der Waals surface area (Å²) < 4.78 is 7.96. The first-order chi connectivity index (χ1) is 15.7. The van der Waals surface area contributed by atoms with Crippen LogP contribution >= 0.6 is 23.1 Å². The molecule has 3 heterocycles. The van der Waals surface area contributed by atoms with Crippen LogP contribution in [0.15, 0.2) is 25.3 Å². The molecule has 1 aliphatic carbocycles. The normalized spacial score (nSPS) is 15.7. The topological polar surface area (TPSA) is 126 Å². The number of Topliss-reactive ketones (excluding diaryl/α,β-unsaturated/α-hetero) is 1. The third-order valence-corrected chi connectivity index (χ3v) is 7.73. The lowest BCUT2D eigenvalue weighted by molar-refractivity contribution is 0.102. The van der Waals surface area contributed by atoms with Crippen LogP contribution in [0.5, 0.6) is 0 Å². The van der Waals surface area contributed by atoms with Gasteiger partial charge in [-0.2, -0.15) is 0 Å². The molecule has 0 radical (unpaired) electrons. The van der Waals surface area contributed by atoms with Crippen LogP contribution in [0.4, 0.5) is 5.82 Å². The van der Waals surface area contributed by atoms with Crippen molar-refractivity contribution in [3.63, 3.8) is 0 Å². The maximum absolute atomic E-state index is 12.9.